The predicted molar refractivity (Wildman–Crippen MR) is 253 cm³/mol. The Balaban J connectivity index is 1.19. The molecule has 0 aliphatic carbocycles. The number of benzene rings is 8. The maximum absolute atomic E-state index is 7.29. The van der Waals surface area contributed by atoms with Gasteiger partial charge in [0.1, 0.15) is 11.2 Å². The second-order valence-corrected chi connectivity index (χ2v) is 16.6. The van der Waals surface area contributed by atoms with Crippen LogP contribution in [0.3, 0.4) is 0 Å². The Morgan fingerprint density at radius 2 is 1.18 bits per heavy atom. The van der Waals surface area contributed by atoms with Gasteiger partial charge in [-0.3, -0.25) is 0 Å². The van der Waals surface area contributed by atoms with Crippen LogP contribution in [0, 0.1) is 0 Å². The van der Waals surface area contributed by atoms with Gasteiger partial charge in [-0.25, -0.2) is 0 Å². The molecule has 0 unspecified atom stereocenters. The smallest absolute Gasteiger partial charge is 0.375 e. The zero-order valence-electron chi connectivity index (χ0n) is 33.4. The minimum Gasteiger partial charge on any atom is -0.466 e. The van der Waals surface area contributed by atoms with Crippen molar-refractivity contribution in [3.05, 3.63) is 181 Å². The van der Waals surface area contributed by atoms with Crippen LogP contribution in [-0.4, -0.2) is 16.0 Å². The van der Waals surface area contributed by atoms with Crippen LogP contribution in [0.5, 0.6) is 0 Å². The van der Waals surface area contributed by atoms with Gasteiger partial charge in [-0.05, 0) is 95.2 Å². The van der Waals surface area contributed by atoms with Gasteiger partial charge in [-0.1, -0.05) is 141 Å². The molecular weight excluding hydrogens is 729 g/mol. The number of hydrogen-bond donors (Lipinski definition) is 0. The van der Waals surface area contributed by atoms with Gasteiger partial charge in [0.05, 0.1) is 33.4 Å². The number of fused-ring (bicyclic) bond motifs is 13. The molecule has 8 aromatic carbocycles. The zero-order chi connectivity index (χ0) is 39.5. The molecule has 0 radical (unpaired) electrons. The van der Waals surface area contributed by atoms with Crippen molar-refractivity contribution in [2.24, 2.45) is 0 Å². The Morgan fingerprint density at radius 3 is 1.93 bits per heavy atom. The van der Waals surface area contributed by atoms with Crippen LogP contribution >= 0.6 is 0 Å². The quantitative estimate of drug-likeness (QED) is 0.119. The largest absolute Gasteiger partial charge is 0.466 e. The van der Waals surface area contributed by atoms with E-state index < -0.39 is 0 Å². The Bertz CT molecular complexity index is 3460. The molecule has 284 valence electrons. The van der Waals surface area contributed by atoms with Crippen LogP contribution in [0.1, 0.15) is 31.7 Å². The number of furan rings is 1. The maximum atomic E-state index is 7.29. The number of hydrogen-bond acceptors (Lipinski definition) is 2. The van der Waals surface area contributed by atoms with E-state index in [1.165, 1.54) is 108 Å². The van der Waals surface area contributed by atoms with E-state index in [1.54, 1.807) is 0 Å². The summed E-state index contributed by atoms with van der Waals surface area (Å²) in [5, 5.41) is 6.12. The minimum absolute atomic E-state index is 0.213. The molecule has 3 aromatic heterocycles. The van der Waals surface area contributed by atoms with E-state index in [2.05, 4.69) is 197 Å². The van der Waals surface area contributed by atoms with Crippen LogP contribution in [0.25, 0.3) is 88.2 Å². The lowest BCUT2D eigenvalue weighted by Crippen LogP contribution is -2.60. The van der Waals surface area contributed by atoms with E-state index in [0.717, 1.165) is 34.4 Å². The van der Waals surface area contributed by atoms with Crippen molar-refractivity contribution in [1.82, 2.24) is 9.13 Å². The second-order valence-electron chi connectivity index (χ2n) is 16.6. The molecular formula is C55H40BN3O. The number of anilines is 2. The third kappa shape index (κ3) is 4.63. The average Bonchev–Trinajstić information content (AvgIpc) is 3.97. The molecule has 11 aromatic rings. The molecule has 0 N–H and O–H groups in total. The third-order valence-electron chi connectivity index (χ3n) is 13.3. The molecule has 2 aliphatic rings. The van der Waals surface area contributed by atoms with Crippen LogP contribution in [0.4, 0.5) is 11.4 Å². The summed E-state index contributed by atoms with van der Waals surface area (Å²) in [6.07, 6.45) is 4.78. The van der Waals surface area contributed by atoms with Crippen molar-refractivity contribution in [2.75, 3.05) is 4.81 Å². The lowest BCUT2D eigenvalue weighted by molar-refractivity contribution is 0.648. The number of aryl methyl sites for hydroxylation is 1. The van der Waals surface area contributed by atoms with Crippen LogP contribution in [0.15, 0.2) is 180 Å². The SMILES string of the molecule is CCCCCc1ccc(N2B3c4oc5ccc(-c6ccccc6)cc5c4-n4c5ccccc5c5c(-n6c7ccccc7c7ccccc76)cc(c3c54)-c3ccccc32)cc1. The first-order chi connectivity index (χ1) is 29.8. The number of nitrogens with zero attached hydrogens (tertiary/aromatic N) is 3. The Hall–Kier alpha value is -7.24. The lowest BCUT2D eigenvalue weighted by atomic mass is 9.46. The van der Waals surface area contributed by atoms with E-state index in [0.29, 0.717) is 0 Å². The highest BCUT2D eigenvalue weighted by Gasteiger charge is 2.47. The van der Waals surface area contributed by atoms with E-state index in [9.17, 15) is 0 Å². The van der Waals surface area contributed by atoms with E-state index in [-0.39, 0.29) is 6.85 Å². The summed E-state index contributed by atoms with van der Waals surface area (Å²) in [5.41, 5.74) is 18.9. The Labute approximate surface area is 348 Å². The van der Waals surface area contributed by atoms with Crippen molar-refractivity contribution in [1.29, 1.82) is 0 Å². The molecule has 0 atom stereocenters. The lowest BCUT2D eigenvalue weighted by Gasteiger charge is -2.40. The predicted octanol–water partition coefficient (Wildman–Crippen LogP) is 13.3. The van der Waals surface area contributed by atoms with Gasteiger partial charge in [-0.15, -0.1) is 0 Å². The summed E-state index contributed by atoms with van der Waals surface area (Å²) >= 11 is 0. The Morgan fingerprint density at radius 1 is 0.517 bits per heavy atom. The topological polar surface area (TPSA) is 26.2 Å². The van der Waals surface area contributed by atoms with Gasteiger partial charge in [0.25, 0.3) is 0 Å². The first-order valence-electron chi connectivity index (χ1n) is 21.5. The first-order valence-corrected chi connectivity index (χ1v) is 21.5. The third-order valence-corrected chi connectivity index (χ3v) is 13.3. The summed E-state index contributed by atoms with van der Waals surface area (Å²) in [5.74, 6) is 0. The second kappa shape index (κ2) is 12.9. The molecule has 0 bridgehead atoms. The van der Waals surface area contributed by atoms with Crippen LogP contribution < -0.4 is 15.9 Å². The van der Waals surface area contributed by atoms with Crippen LogP contribution in [0.2, 0.25) is 0 Å². The van der Waals surface area contributed by atoms with Gasteiger partial charge < -0.3 is 18.4 Å². The molecule has 2 aliphatic heterocycles. The molecule has 0 spiro atoms. The van der Waals surface area contributed by atoms with Gasteiger partial charge in [0.2, 0.25) is 0 Å². The Kier molecular flexibility index (Phi) is 7.24. The van der Waals surface area contributed by atoms with Crippen molar-refractivity contribution in [3.8, 4) is 33.6 Å². The summed E-state index contributed by atoms with van der Waals surface area (Å²) < 4.78 is 12.4. The highest BCUT2D eigenvalue weighted by atomic mass is 16.3. The number of unbranched alkanes of at least 4 members (excludes halogenated alkanes) is 2. The highest BCUT2D eigenvalue weighted by Crippen LogP contribution is 2.49. The van der Waals surface area contributed by atoms with Gasteiger partial charge in [0.15, 0.2) is 0 Å². The monoisotopic (exact) mass is 769 g/mol. The summed E-state index contributed by atoms with van der Waals surface area (Å²) in [4.78, 5) is 2.56. The minimum atomic E-state index is -0.213. The van der Waals surface area contributed by atoms with E-state index in [4.69, 9.17) is 4.42 Å². The number of aromatic nitrogens is 2. The first kappa shape index (κ1) is 33.7. The van der Waals surface area contributed by atoms with Crippen molar-refractivity contribution >= 4 is 83.9 Å². The summed E-state index contributed by atoms with van der Waals surface area (Å²) in [7, 11) is 0. The van der Waals surface area contributed by atoms with E-state index >= 15 is 0 Å². The van der Waals surface area contributed by atoms with Crippen molar-refractivity contribution in [2.45, 2.75) is 32.6 Å². The standard InChI is InChI=1S/C55H40BN3O/c1-2-3-5-16-35-27-30-38(31-28-35)59-48-26-15-10-21-41(48)43-34-49(57-45-23-12-8-19-39(45)40-20-9-13-24-46(40)57)51-42-22-11-14-25-47(42)58-53-44-33-37(36-17-6-4-7-18-36)29-32-50(44)60-55(53)56(59)52(43)54(51)58/h4,6-15,17-34H,2-3,5,16H2,1H3. The summed E-state index contributed by atoms with van der Waals surface area (Å²) in [6.45, 7) is 2.06. The molecule has 5 heteroatoms. The molecule has 0 amide bonds. The molecule has 0 saturated carbocycles. The fraction of sp³-hybridized carbons (Fsp3) is 0.0909. The normalized spacial score (nSPS) is 12.9. The molecule has 5 heterocycles. The fourth-order valence-corrected chi connectivity index (χ4v) is 10.7. The average molecular weight is 770 g/mol. The molecule has 13 rings (SSSR count). The van der Waals surface area contributed by atoms with Gasteiger partial charge in [0, 0.05) is 43.9 Å². The van der Waals surface area contributed by atoms with Crippen molar-refractivity contribution in [3.63, 3.8) is 0 Å². The number of rotatable bonds is 7. The van der Waals surface area contributed by atoms with Crippen LogP contribution in [-0.2, 0) is 6.42 Å². The zero-order valence-corrected chi connectivity index (χ0v) is 33.4. The molecule has 0 fully saturated rings. The maximum Gasteiger partial charge on any atom is 0.375 e. The van der Waals surface area contributed by atoms with Crippen molar-refractivity contribution < 1.29 is 4.42 Å². The van der Waals surface area contributed by atoms with Gasteiger partial charge >= 0.3 is 6.85 Å². The molecule has 0 saturated heterocycles. The van der Waals surface area contributed by atoms with E-state index in [1.807, 2.05) is 0 Å². The fourth-order valence-electron chi connectivity index (χ4n) is 10.7. The number of para-hydroxylation sites is 4. The molecule has 4 nitrogen and oxygen atoms in total. The highest BCUT2D eigenvalue weighted by molar-refractivity contribution is 6.93. The summed E-state index contributed by atoms with van der Waals surface area (Å²) in [6, 6.07) is 65.1. The van der Waals surface area contributed by atoms with Gasteiger partial charge in [-0.2, -0.15) is 0 Å². The molecule has 60 heavy (non-hydrogen) atoms.